The van der Waals surface area contributed by atoms with Crippen molar-refractivity contribution in [3.05, 3.63) is 18.0 Å². The predicted molar refractivity (Wildman–Crippen MR) is 94.0 cm³/mol. The Labute approximate surface area is 153 Å². The highest BCUT2D eigenvalue weighted by Gasteiger charge is 2.25. The summed E-state index contributed by atoms with van der Waals surface area (Å²) < 4.78 is 15.4. The van der Waals surface area contributed by atoms with E-state index in [4.69, 9.17) is 14.2 Å². The molecule has 1 aromatic heterocycles. The SMILES string of the molecule is COc1ccnc(C(=O)N[C@@H](C)C(=O)OC(C)CC(C)C)c1OC(C)=O. The van der Waals surface area contributed by atoms with Crippen molar-refractivity contribution >= 4 is 17.8 Å². The quantitative estimate of drug-likeness (QED) is 0.703. The van der Waals surface area contributed by atoms with Gasteiger partial charge in [-0.1, -0.05) is 13.8 Å². The van der Waals surface area contributed by atoms with Crippen molar-refractivity contribution in [2.75, 3.05) is 7.11 Å². The van der Waals surface area contributed by atoms with E-state index < -0.39 is 23.9 Å². The zero-order valence-corrected chi connectivity index (χ0v) is 16.0. The van der Waals surface area contributed by atoms with E-state index in [0.717, 1.165) is 6.42 Å². The van der Waals surface area contributed by atoms with Crippen LogP contribution in [0.3, 0.4) is 0 Å². The fourth-order valence-electron chi connectivity index (χ4n) is 2.33. The molecule has 8 heteroatoms. The molecule has 0 saturated carbocycles. The summed E-state index contributed by atoms with van der Waals surface area (Å²) in [6, 6.07) is 0.565. The molecule has 26 heavy (non-hydrogen) atoms. The van der Waals surface area contributed by atoms with Gasteiger partial charge in [0.2, 0.25) is 5.75 Å². The van der Waals surface area contributed by atoms with Crippen LogP contribution in [0.25, 0.3) is 0 Å². The number of rotatable bonds is 8. The first-order valence-electron chi connectivity index (χ1n) is 8.38. The minimum atomic E-state index is -0.893. The number of pyridine rings is 1. The lowest BCUT2D eigenvalue weighted by Gasteiger charge is -2.19. The number of hydrogen-bond acceptors (Lipinski definition) is 7. The molecule has 1 rings (SSSR count). The molecule has 1 unspecified atom stereocenters. The van der Waals surface area contributed by atoms with Gasteiger partial charge in [0.05, 0.1) is 13.2 Å². The van der Waals surface area contributed by atoms with Crippen molar-refractivity contribution < 1.29 is 28.6 Å². The van der Waals surface area contributed by atoms with Crippen LogP contribution in [0.5, 0.6) is 11.5 Å². The van der Waals surface area contributed by atoms with E-state index in [-0.39, 0.29) is 23.3 Å². The molecule has 0 radical (unpaired) electrons. The summed E-state index contributed by atoms with van der Waals surface area (Å²) in [6.45, 7) is 8.56. The van der Waals surface area contributed by atoms with Crippen molar-refractivity contribution in [3.8, 4) is 11.5 Å². The molecule has 1 aromatic rings. The number of ether oxygens (including phenoxy) is 3. The molecule has 0 aromatic carbocycles. The topological polar surface area (TPSA) is 104 Å². The molecule has 8 nitrogen and oxygen atoms in total. The van der Waals surface area contributed by atoms with Crippen LogP contribution in [0.2, 0.25) is 0 Å². The van der Waals surface area contributed by atoms with E-state index in [0.29, 0.717) is 5.92 Å². The third kappa shape index (κ3) is 6.34. The zero-order valence-electron chi connectivity index (χ0n) is 16.0. The Morgan fingerprint density at radius 1 is 1.19 bits per heavy atom. The van der Waals surface area contributed by atoms with E-state index in [1.165, 1.54) is 33.2 Å². The van der Waals surface area contributed by atoms with Crippen molar-refractivity contribution in [3.63, 3.8) is 0 Å². The summed E-state index contributed by atoms with van der Waals surface area (Å²) in [4.78, 5) is 39.8. The fourth-order valence-corrected chi connectivity index (χ4v) is 2.33. The van der Waals surface area contributed by atoms with Crippen LogP contribution in [0.1, 0.15) is 51.5 Å². The number of aromatic nitrogens is 1. The molecule has 1 amide bonds. The molecule has 144 valence electrons. The van der Waals surface area contributed by atoms with Gasteiger partial charge in [-0.25, -0.2) is 9.78 Å². The lowest BCUT2D eigenvalue weighted by molar-refractivity contribution is -0.150. The summed E-state index contributed by atoms with van der Waals surface area (Å²) in [5.74, 6) is -1.39. The number of amides is 1. The standard InChI is InChI=1S/C18H26N2O6/c1-10(2)9-11(3)25-18(23)12(4)20-17(22)15-16(26-13(5)21)14(24-6)7-8-19-15/h7-8,10-12H,9H2,1-6H3,(H,20,22)/t11?,12-/m0/s1. The first kappa shape index (κ1) is 21.4. The summed E-state index contributed by atoms with van der Waals surface area (Å²) in [7, 11) is 1.38. The van der Waals surface area contributed by atoms with Gasteiger partial charge < -0.3 is 19.5 Å². The Bertz CT molecular complexity index is 659. The van der Waals surface area contributed by atoms with Crippen LogP contribution in [-0.2, 0) is 14.3 Å². The average Bonchev–Trinajstić information content (AvgIpc) is 2.53. The first-order chi connectivity index (χ1) is 12.1. The molecule has 1 heterocycles. The smallest absolute Gasteiger partial charge is 0.328 e. The minimum absolute atomic E-state index is 0.103. The Balaban J connectivity index is 2.87. The number of nitrogens with zero attached hydrogens (tertiary/aromatic N) is 1. The monoisotopic (exact) mass is 366 g/mol. The summed E-state index contributed by atoms with van der Waals surface area (Å²) in [5.41, 5.74) is -0.158. The molecule has 0 aliphatic heterocycles. The van der Waals surface area contributed by atoms with E-state index >= 15 is 0 Å². The average molecular weight is 366 g/mol. The van der Waals surface area contributed by atoms with Crippen LogP contribution in [-0.4, -0.2) is 42.1 Å². The van der Waals surface area contributed by atoms with Gasteiger partial charge in [0.1, 0.15) is 6.04 Å². The summed E-state index contributed by atoms with van der Waals surface area (Å²) in [6.07, 6.45) is 1.81. The second-order valence-corrected chi connectivity index (χ2v) is 6.36. The predicted octanol–water partition coefficient (Wildman–Crippen LogP) is 2.11. The molecule has 0 fully saturated rings. The number of carbonyl (C=O) groups excluding carboxylic acids is 3. The largest absolute Gasteiger partial charge is 0.493 e. The van der Waals surface area contributed by atoms with Gasteiger partial charge in [-0.15, -0.1) is 0 Å². The number of nitrogens with one attached hydrogen (secondary N) is 1. The lowest BCUT2D eigenvalue weighted by Crippen LogP contribution is -2.41. The number of hydrogen-bond donors (Lipinski definition) is 1. The van der Waals surface area contributed by atoms with Crippen LogP contribution >= 0.6 is 0 Å². The van der Waals surface area contributed by atoms with Gasteiger partial charge in [0, 0.05) is 19.2 Å². The first-order valence-corrected chi connectivity index (χ1v) is 8.38. The van der Waals surface area contributed by atoms with Crippen LogP contribution in [0.15, 0.2) is 12.3 Å². The van der Waals surface area contributed by atoms with Gasteiger partial charge in [-0.3, -0.25) is 9.59 Å². The molecule has 0 aliphatic rings. The number of carbonyl (C=O) groups is 3. The normalized spacial score (nSPS) is 12.9. The summed E-state index contributed by atoms with van der Waals surface area (Å²) >= 11 is 0. The minimum Gasteiger partial charge on any atom is -0.493 e. The highest BCUT2D eigenvalue weighted by molar-refractivity contribution is 5.98. The van der Waals surface area contributed by atoms with E-state index in [1.807, 2.05) is 13.8 Å². The maximum atomic E-state index is 12.5. The Morgan fingerprint density at radius 3 is 2.38 bits per heavy atom. The third-order valence-corrected chi connectivity index (χ3v) is 3.37. The molecule has 0 bridgehead atoms. The molecule has 0 saturated heterocycles. The highest BCUT2D eigenvalue weighted by Crippen LogP contribution is 2.29. The van der Waals surface area contributed by atoms with E-state index in [9.17, 15) is 14.4 Å². The zero-order chi connectivity index (χ0) is 19.9. The van der Waals surface area contributed by atoms with Gasteiger partial charge in [0.25, 0.3) is 5.91 Å². The number of esters is 2. The van der Waals surface area contributed by atoms with Crippen molar-refractivity contribution in [2.45, 2.75) is 53.2 Å². The molecular formula is C18H26N2O6. The van der Waals surface area contributed by atoms with Crippen molar-refractivity contribution in [1.82, 2.24) is 10.3 Å². The van der Waals surface area contributed by atoms with Crippen molar-refractivity contribution in [2.24, 2.45) is 5.92 Å². The van der Waals surface area contributed by atoms with E-state index in [1.54, 1.807) is 6.92 Å². The van der Waals surface area contributed by atoms with Gasteiger partial charge in [0.15, 0.2) is 11.4 Å². The highest BCUT2D eigenvalue weighted by atomic mass is 16.6. The second kappa shape index (κ2) is 9.74. The Morgan fingerprint density at radius 2 is 1.85 bits per heavy atom. The summed E-state index contributed by atoms with van der Waals surface area (Å²) in [5, 5.41) is 2.50. The Kier molecular flexibility index (Phi) is 8.02. The third-order valence-electron chi connectivity index (χ3n) is 3.37. The molecule has 2 atom stereocenters. The maximum absolute atomic E-state index is 12.5. The van der Waals surface area contributed by atoms with Gasteiger partial charge in [-0.05, 0) is 26.2 Å². The molecule has 0 aliphatic carbocycles. The van der Waals surface area contributed by atoms with Crippen LogP contribution in [0, 0.1) is 5.92 Å². The molecular weight excluding hydrogens is 340 g/mol. The molecule has 1 N–H and O–H groups in total. The fraction of sp³-hybridized carbons (Fsp3) is 0.556. The van der Waals surface area contributed by atoms with Crippen molar-refractivity contribution in [1.29, 1.82) is 0 Å². The van der Waals surface area contributed by atoms with Gasteiger partial charge >= 0.3 is 11.9 Å². The second-order valence-electron chi connectivity index (χ2n) is 6.36. The maximum Gasteiger partial charge on any atom is 0.328 e. The lowest BCUT2D eigenvalue weighted by atomic mass is 10.1. The van der Waals surface area contributed by atoms with Crippen LogP contribution < -0.4 is 14.8 Å². The van der Waals surface area contributed by atoms with Crippen LogP contribution in [0.4, 0.5) is 0 Å². The Hall–Kier alpha value is -2.64. The van der Waals surface area contributed by atoms with E-state index in [2.05, 4.69) is 10.3 Å². The molecule has 0 spiro atoms. The van der Waals surface area contributed by atoms with Gasteiger partial charge in [-0.2, -0.15) is 0 Å². The number of methoxy groups -OCH3 is 1.